The van der Waals surface area contributed by atoms with E-state index in [-0.39, 0.29) is 12.1 Å². The van der Waals surface area contributed by atoms with Crippen molar-refractivity contribution in [2.75, 3.05) is 24.5 Å². The zero-order valence-corrected chi connectivity index (χ0v) is 16.3. The number of aliphatic hydroxyl groups is 1. The van der Waals surface area contributed by atoms with Crippen LogP contribution >= 0.6 is 0 Å². The Kier molecular flexibility index (Phi) is 4.80. The minimum absolute atomic E-state index is 0.181. The van der Waals surface area contributed by atoms with Crippen LogP contribution < -0.4 is 21.1 Å². The Balaban J connectivity index is 1.35. The Morgan fingerprint density at radius 2 is 2.18 bits per heavy atom. The first-order valence-corrected chi connectivity index (χ1v) is 10.3. The van der Waals surface area contributed by atoms with Gasteiger partial charge in [0.25, 0.3) is 0 Å². The first kappa shape index (κ1) is 18.1. The van der Waals surface area contributed by atoms with Gasteiger partial charge in [0.05, 0.1) is 24.0 Å². The number of aryl methyl sites for hydroxylation is 1. The number of aliphatic hydroxyl groups excluding tert-OH is 1. The Hall–Kier alpha value is -2.00. The van der Waals surface area contributed by atoms with Crippen molar-refractivity contribution in [1.82, 2.24) is 30.9 Å². The number of anilines is 1. The summed E-state index contributed by atoms with van der Waals surface area (Å²) in [6, 6.07) is 7.16. The van der Waals surface area contributed by atoms with Crippen LogP contribution in [-0.2, 0) is 7.05 Å². The molecule has 5 atom stereocenters. The third-order valence-electron chi connectivity index (χ3n) is 6.38. The topological polar surface area (TPSA) is 90.3 Å². The van der Waals surface area contributed by atoms with Gasteiger partial charge in [0.15, 0.2) is 0 Å². The van der Waals surface area contributed by atoms with Crippen molar-refractivity contribution in [3.8, 4) is 0 Å². The fraction of sp³-hybridized carbons (Fsp3) is 0.600. The van der Waals surface area contributed by atoms with Crippen LogP contribution in [0.25, 0.3) is 0 Å². The molecule has 8 heteroatoms. The van der Waals surface area contributed by atoms with Gasteiger partial charge in [-0.1, -0.05) is 6.07 Å². The van der Waals surface area contributed by atoms with Crippen LogP contribution in [0.15, 0.2) is 30.6 Å². The highest BCUT2D eigenvalue weighted by Gasteiger charge is 2.42. The molecule has 3 fully saturated rings. The van der Waals surface area contributed by atoms with Crippen LogP contribution in [0.1, 0.15) is 42.6 Å². The predicted octanol–water partition coefficient (Wildman–Crippen LogP) is 0.645. The largest absolute Gasteiger partial charge is 0.391 e. The average molecular weight is 384 g/mol. The molecule has 0 saturated carbocycles. The van der Waals surface area contributed by atoms with Gasteiger partial charge < -0.3 is 15.3 Å². The van der Waals surface area contributed by atoms with Gasteiger partial charge in [-0.15, -0.1) is 0 Å². The number of hydrogen-bond acceptors (Lipinski definition) is 7. The maximum absolute atomic E-state index is 10.0. The number of hydrazine groups is 1. The van der Waals surface area contributed by atoms with E-state index < -0.39 is 0 Å². The maximum Gasteiger partial charge on any atom is 0.128 e. The molecule has 5 heterocycles. The molecule has 0 aliphatic carbocycles. The van der Waals surface area contributed by atoms with Gasteiger partial charge in [-0.2, -0.15) is 5.10 Å². The SMILES string of the molecule is Cn1cc(C2CC3C(CN2)NNC3c2cccc(N3CCC[C@@H](O)C3)n2)cn1. The Morgan fingerprint density at radius 3 is 3.00 bits per heavy atom. The lowest BCUT2D eigenvalue weighted by molar-refractivity contribution is 0.154. The first-order chi connectivity index (χ1) is 13.7. The molecule has 0 radical (unpaired) electrons. The van der Waals surface area contributed by atoms with E-state index in [2.05, 4.69) is 50.6 Å². The molecule has 0 bridgehead atoms. The molecular weight excluding hydrogens is 354 g/mol. The molecule has 5 rings (SSSR count). The van der Waals surface area contributed by atoms with Gasteiger partial charge in [0.2, 0.25) is 0 Å². The predicted molar refractivity (Wildman–Crippen MR) is 107 cm³/mol. The summed E-state index contributed by atoms with van der Waals surface area (Å²) in [5.41, 5.74) is 9.27. The van der Waals surface area contributed by atoms with Crippen LogP contribution in [-0.4, -0.2) is 51.7 Å². The quantitative estimate of drug-likeness (QED) is 0.619. The van der Waals surface area contributed by atoms with E-state index in [0.717, 1.165) is 43.9 Å². The third kappa shape index (κ3) is 3.41. The number of piperidine rings is 2. The highest BCUT2D eigenvalue weighted by molar-refractivity contribution is 5.40. The minimum Gasteiger partial charge on any atom is -0.391 e. The Bertz CT molecular complexity index is 824. The van der Waals surface area contributed by atoms with E-state index in [4.69, 9.17) is 4.98 Å². The molecule has 0 spiro atoms. The van der Waals surface area contributed by atoms with Crippen LogP contribution in [0.2, 0.25) is 0 Å². The summed E-state index contributed by atoms with van der Waals surface area (Å²) in [6.45, 7) is 2.56. The smallest absolute Gasteiger partial charge is 0.128 e. The van der Waals surface area contributed by atoms with E-state index >= 15 is 0 Å². The molecule has 0 aromatic carbocycles. The standard InChI is InChI=1S/C20H29N7O/c1-26-11-13(9-22-26)17-8-15-18(10-21-17)24-25-20(15)16-5-2-6-19(23-16)27-7-3-4-14(28)12-27/h2,5-6,9,11,14-15,17-18,20-21,24-25,28H,3-4,7-8,10,12H2,1H3/t14-,15?,17?,18?,20?/m1/s1. The Labute approximate surface area is 165 Å². The molecule has 8 nitrogen and oxygen atoms in total. The zero-order chi connectivity index (χ0) is 19.1. The summed E-state index contributed by atoms with van der Waals surface area (Å²) in [6.07, 6.45) is 6.75. The molecule has 150 valence electrons. The van der Waals surface area contributed by atoms with Crippen LogP contribution in [0.3, 0.4) is 0 Å². The number of nitrogens with one attached hydrogen (secondary N) is 3. The van der Waals surface area contributed by atoms with Gasteiger partial charge in [0, 0.05) is 56.4 Å². The molecular formula is C20H29N7O. The first-order valence-electron chi connectivity index (χ1n) is 10.3. The number of rotatable bonds is 3. The van der Waals surface area contributed by atoms with E-state index in [1.54, 1.807) is 0 Å². The summed E-state index contributed by atoms with van der Waals surface area (Å²) >= 11 is 0. The zero-order valence-electron chi connectivity index (χ0n) is 16.3. The van der Waals surface area contributed by atoms with Gasteiger partial charge in [0.1, 0.15) is 5.82 Å². The second-order valence-electron chi connectivity index (χ2n) is 8.34. The van der Waals surface area contributed by atoms with E-state index in [0.29, 0.717) is 24.5 Å². The normalized spacial score (nSPS) is 33.1. The third-order valence-corrected chi connectivity index (χ3v) is 6.38. The van der Waals surface area contributed by atoms with E-state index in [1.807, 2.05) is 17.9 Å². The van der Waals surface area contributed by atoms with Crippen molar-refractivity contribution in [3.05, 3.63) is 41.9 Å². The minimum atomic E-state index is -0.250. The van der Waals surface area contributed by atoms with Gasteiger partial charge in [-0.3, -0.25) is 10.1 Å². The fourth-order valence-corrected chi connectivity index (χ4v) is 4.89. The monoisotopic (exact) mass is 383 g/mol. The summed E-state index contributed by atoms with van der Waals surface area (Å²) in [7, 11) is 1.96. The number of nitrogens with zero attached hydrogens (tertiary/aromatic N) is 4. The van der Waals surface area contributed by atoms with Crippen molar-refractivity contribution >= 4 is 5.82 Å². The molecule has 4 N–H and O–H groups in total. The van der Waals surface area contributed by atoms with Crippen molar-refractivity contribution in [3.63, 3.8) is 0 Å². The highest BCUT2D eigenvalue weighted by atomic mass is 16.3. The van der Waals surface area contributed by atoms with Gasteiger partial charge in [-0.25, -0.2) is 10.4 Å². The molecule has 28 heavy (non-hydrogen) atoms. The van der Waals surface area contributed by atoms with Crippen LogP contribution in [0.5, 0.6) is 0 Å². The van der Waals surface area contributed by atoms with Gasteiger partial charge >= 0.3 is 0 Å². The lowest BCUT2D eigenvalue weighted by Gasteiger charge is -2.34. The van der Waals surface area contributed by atoms with Crippen molar-refractivity contribution in [2.45, 2.75) is 43.5 Å². The maximum atomic E-state index is 10.0. The van der Waals surface area contributed by atoms with Gasteiger partial charge in [-0.05, 0) is 31.4 Å². The lowest BCUT2D eigenvalue weighted by Crippen LogP contribution is -2.46. The van der Waals surface area contributed by atoms with Crippen molar-refractivity contribution in [1.29, 1.82) is 0 Å². The molecule has 3 saturated heterocycles. The molecule has 0 amide bonds. The van der Waals surface area contributed by atoms with Crippen LogP contribution in [0, 0.1) is 5.92 Å². The van der Waals surface area contributed by atoms with Crippen LogP contribution in [0.4, 0.5) is 5.82 Å². The molecule has 4 unspecified atom stereocenters. The average Bonchev–Trinajstić information content (AvgIpc) is 3.34. The second kappa shape index (κ2) is 7.44. The number of aromatic nitrogens is 3. The second-order valence-corrected chi connectivity index (χ2v) is 8.34. The number of fused-ring (bicyclic) bond motifs is 1. The van der Waals surface area contributed by atoms with Crippen molar-refractivity contribution < 1.29 is 5.11 Å². The molecule has 3 aliphatic heterocycles. The molecule has 2 aromatic rings. The molecule has 2 aromatic heterocycles. The summed E-state index contributed by atoms with van der Waals surface area (Å²) in [5, 5.41) is 18.0. The lowest BCUT2D eigenvalue weighted by atomic mass is 9.82. The highest BCUT2D eigenvalue weighted by Crippen LogP contribution is 2.38. The van der Waals surface area contributed by atoms with E-state index in [1.165, 1.54) is 5.56 Å². The summed E-state index contributed by atoms with van der Waals surface area (Å²) in [5.74, 6) is 1.43. The van der Waals surface area contributed by atoms with Crippen molar-refractivity contribution in [2.24, 2.45) is 13.0 Å². The Morgan fingerprint density at radius 1 is 1.25 bits per heavy atom. The summed E-state index contributed by atoms with van der Waals surface area (Å²) in [4.78, 5) is 7.19. The molecule has 3 aliphatic rings. The van der Waals surface area contributed by atoms with E-state index in [9.17, 15) is 5.11 Å². The summed E-state index contributed by atoms with van der Waals surface area (Å²) < 4.78 is 1.86. The fourth-order valence-electron chi connectivity index (χ4n) is 4.89. The number of β-amino-alcohol motifs (C(OH)–C–C–N with tert-alkyl or cyclic N) is 1. The number of pyridine rings is 1. The number of hydrogen-bond donors (Lipinski definition) is 4.